The molecule has 0 radical (unpaired) electrons. The van der Waals surface area contributed by atoms with Crippen LogP contribution in [0.2, 0.25) is 0 Å². The van der Waals surface area contributed by atoms with E-state index in [1.54, 1.807) is 11.0 Å². The van der Waals surface area contributed by atoms with Crippen molar-refractivity contribution < 1.29 is 19.0 Å². The molecule has 3 N–H and O–H groups in total. The Morgan fingerprint density at radius 3 is 2.88 bits per heavy atom. The van der Waals surface area contributed by atoms with Gasteiger partial charge in [-0.3, -0.25) is 0 Å². The molecule has 26 heavy (non-hydrogen) atoms. The number of carbonyl (C=O) groups is 1. The molecule has 2 fully saturated rings. The summed E-state index contributed by atoms with van der Waals surface area (Å²) in [5.41, 5.74) is 1.15. The van der Waals surface area contributed by atoms with Gasteiger partial charge in [0.1, 0.15) is 11.4 Å². The van der Waals surface area contributed by atoms with E-state index in [0.29, 0.717) is 6.54 Å². The van der Waals surface area contributed by atoms with E-state index in [0.717, 1.165) is 16.5 Å². The first kappa shape index (κ1) is 17.3. The predicted molar refractivity (Wildman–Crippen MR) is 95.5 cm³/mol. The van der Waals surface area contributed by atoms with Crippen molar-refractivity contribution in [2.45, 2.75) is 50.5 Å². The average molecular weight is 361 g/mol. The Labute approximate surface area is 151 Å². The molecule has 2 aliphatic rings. The van der Waals surface area contributed by atoms with E-state index in [-0.39, 0.29) is 30.4 Å². The van der Waals surface area contributed by atoms with Crippen LogP contribution in [0.1, 0.15) is 32.3 Å². The van der Waals surface area contributed by atoms with Gasteiger partial charge < -0.3 is 25.0 Å². The second kappa shape index (κ2) is 5.96. The maximum absolute atomic E-state index is 13.5. The molecule has 0 unspecified atom stereocenters. The summed E-state index contributed by atoms with van der Waals surface area (Å²) in [6.45, 7) is 6.36. The summed E-state index contributed by atoms with van der Waals surface area (Å²) in [6.07, 6.45) is 0.820. The number of aliphatic hydroxyl groups excluding tert-OH is 1. The Morgan fingerprint density at radius 1 is 1.38 bits per heavy atom. The standard InChI is InChI=1S/C19H24FN3O3/c1-19(2,3)26-18(25)23-9-15(24)16-17(23)13(8-22-16)12-7-21-14-6-10(20)4-5-11(12)14/h4-7,13,15-17,21-22,24H,8-9H2,1-3H3/t13-,15+,16+,17+/m0/s1. The largest absolute Gasteiger partial charge is 0.444 e. The summed E-state index contributed by atoms with van der Waals surface area (Å²) in [7, 11) is 0. The van der Waals surface area contributed by atoms with Crippen LogP contribution in [0.15, 0.2) is 24.4 Å². The molecule has 6 nitrogen and oxygen atoms in total. The fourth-order valence-corrected chi connectivity index (χ4v) is 4.20. The van der Waals surface area contributed by atoms with Crippen LogP contribution in [0.4, 0.5) is 9.18 Å². The van der Waals surface area contributed by atoms with Gasteiger partial charge in [-0.1, -0.05) is 0 Å². The number of carbonyl (C=O) groups excluding carboxylic acids is 1. The zero-order valence-electron chi connectivity index (χ0n) is 15.1. The highest BCUT2D eigenvalue weighted by Crippen LogP contribution is 2.39. The Morgan fingerprint density at radius 2 is 2.15 bits per heavy atom. The fourth-order valence-electron chi connectivity index (χ4n) is 4.20. The third-order valence-electron chi connectivity index (χ3n) is 5.22. The summed E-state index contributed by atoms with van der Waals surface area (Å²) >= 11 is 0. The number of ether oxygens (including phenoxy) is 1. The number of benzene rings is 1. The number of fused-ring (bicyclic) bond motifs is 2. The lowest BCUT2D eigenvalue weighted by Crippen LogP contribution is -2.44. The third-order valence-corrected chi connectivity index (χ3v) is 5.22. The molecule has 4 rings (SSSR count). The quantitative estimate of drug-likeness (QED) is 0.729. The molecule has 1 aromatic heterocycles. The Balaban J connectivity index is 1.68. The van der Waals surface area contributed by atoms with Crippen molar-refractivity contribution >= 4 is 17.0 Å². The zero-order chi connectivity index (χ0) is 18.6. The van der Waals surface area contributed by atoms with Crippen molar-refractivity contribution in [2.75, 3.05) is 13.1 Å². The topological polar surface area (TPSA) is 77.6 Å². The monoisotopic (exact) mass is 361 g/mol. The number of amides is 1. The highest BCUT2D eigenvalue weighted by molar-refractivity contribution is 5.84. The van der Waals surface area contributed by atoms with Gasteiger partial charge in [-0.2, -0.15) is 0 Å². The van der Waals surface area contributed by atoms with Gasteiger partial charge in [-0.15, -0.1) is 0 Å². The van der Waals surface area contributed by atoms with Crippen LogP contribution >= 0.6 is 0 Å². The minimum Gasteiger partial charge on any atom is -0.444 e. The van der Waals surface area contributed by atoms with Gasteiger partial charge >= 0.3 is 6.09 Å². The number of nitrogens with one attached hydrogen (secondary N) is 2. The van der Waals surface area contributed by atoms with Crippen LogP contribution in [0.25, 0.3) is 10.9 Å². The lowest BCUT2D eigenvalue weighted by Gasteiger charge is -2.30. The number of halogens is 1. The predicted octanol–water partition coefficient (Wildman–Crippen LogP) is 2.34. The Bertz CT molecular complexity index is 844. The van der Waals surface area contributed by atoms with Gasteiger partial charge in [-0.25, -0.2) is 9.18 Å². The lowest BCUT2D eigenvalue weighted by atomic mass is 9.91. The molecule has 7 heteroatoms. The SMILES string of the molecule is CC(C)(C)OC(=O)N1C[C@@H](O)[C@H]2NC[C@@H](c3c[nH]c4cc(F)ccc34)[C@H]21. The minimum absolute atomic E-state index is 0.0103. The molecule has 140 valence electrons. The van der Waals surface area contributed by atoms with Crippen LogP contribution in [0, 0.1) is 5.82 Å². The fraction of sp³-hybridized carbons (Fsp3) is 0.526. The second-order valence-electron chi connectivity index (χ2n) is 8.17. The molecule has 2 aromatic rings. The van der Waals surface area contributed by atoms with E-state index in [9.17, 15) is 14.3 Å². The van der Waals surface area contributed by atoms with Crippen molar-refractivity contribution in [1.82, 2.24) is 15.2 Å². The number of hydrogen-bond donors (Lipinski definition) is 3. The third kappa shape index (κ3) is 2.85. The summed E-state index contributed by atoms with van der Waals surface area (Å²) in [5, 5.41) is 14.7. The highest BCUT2D eigenvalue weighted by Gasteiger charge is 2.52. The van der Waals surface area contributed by atoms with Crippen molar-refractivity contribution in [3.8, 4) is 0 Å². The van der Waals surface area contributed by atoms with E-state index in [4.69, 9.17) is 4.74 Å². The van der Waals surface area contributed by atoms with Crippen LogP contribution in [-0.2, 0) is 4.74 Å². The highest BCUT2D eigenvalue weighted by atomic mass is 19.1. The molecule has 0 spiro atoms. The maximum Gasteiger partial charge on any atom is 0.410 e. The van der Waals surface area contributed by atoms with E-state index in [1.807, 2.05) is 27.0 Å². The van der Waals surface area contributed by atoms with Gasteiger partial charge in [0, 0.05) is 29.6 Å². The molecule has 3 heterocycles. The number of nitrogens with zero attached hydrogens (tertiary/aromatic N) is 1. The van der Waals surface area contributed by atoms with Crippen molar-refractivity contribution in [2.24, 2.45) is 0 Å². The van der Waals surface area contributed by atoms with E-state index >= 15 is 0 Å². The summed E-state index contributed by atoms with van der Waals surface area (Å²) in [4.78, 5) is 17.4. The van der Waals surface area contributed by atoms with E-state index in [2.05, 4.69) is 10.3 Å². The Hall–Kier alpha value is -2.12. The number of H-pyrrole nitrogens is 1. The first-order chi connectivity index (χ1) is 12.2. The molecule has 2 saturated heterocycles. The molecule has 0 bridgehead atoms. The Kier molecular flexibility index (Phi) is 3.96. The molecule has 0 saturated carbocycles. The average Bonchev–Trinajstić information content (AvgIpc) is 3.20. The molecule has 2 aliphatic heterocycles. The first-order valence-electron chi connectivity index (χ1n) is 8.92. The molecule has 1 aromatic carbocycles. The molecule has 1 amide bonds. The molecule has 0 aliphatic carbocycles. The smallest absolute Gasteiger partial charge is 0.410 e. The van der Waals surface area contributed by atoms with Gasteiger partial charge in [-0.05, 0) is 44.5 Å². The molecular weight excluding hydrogens is 337 g/mol. The first-order valence-corrected chi connectivity index (χ1v) is 8.92. The van der Waals surface area contributed by atoms with Gasteiger partial charge in [0.15, 0.2) is 0 Å². The number of rotatable bonds is 1. The number of hydrogen-bond acceptors (Lipinski definition) is 4. The van der Waals surface area contributed by atoms with Gasteiger partial charge in [0.2, 0.25) is 0 Å². The van der Waals surface area contributed by atoms with Crippen LogP contribution in [-0.4, -0.2) is 58.0 Å². The van der Waals surface area contributed by atoms with Crippen molar-refractivity contribution in [1.29, 1.82) is 0 Å². The van der Waals surface area contributed by atoms with Crippen molar-refractivity contribution in [3.05, 3.63) is 35.8 Å². The number of likely N-dealkylation sites (tertiary alicyclic amines) is 1. The molecular formula is C19H24FN3O3. The maximum atomic E-state index is 13.5. The van der Waals surface area contributed by atoms with Crippen LogP contribution in [0.3, 0.4) is 0 Å². The normalized spacial score (nSPS) is 28.6. The van der Waals surface area contributed by atoms with E-state index < -0.39 is 17.8 Å². The van der Waals surface area contributed by atoms with E-state index in [1.165, 1.54) is 12.1 Å². The summed E-state index contributed by atoms with van der Waals surface area (Å²) in [6, 6.07) is 4.26. The zero-order valence-corrected chi connectivity index (χ0v) is 15.1. The van der Waals surface area contributed by atoms with Crippen LogP contribution < -0.4 is 5.32 Å². The number of aliphatic hydroxyl groups is 1. The minimum atomic E-state index is -0.639. The number of β-amino-alcohol motifs (C(OH)–C–C–N with tert-alkyl or cyclic N) is 1. The van der Waals surface area contributed by atoms with Gasteiger partial charge in [0.05, 0.1) is 24.7 Å². The second-order valence-corrected chi connectivity index (χ2v) is 8.17. The number of aromatic nitrogens is 1. The van der Waals surface area contributed by atoms with Crippen molar-refractivity contribution in [3.63, 3.8) is 0 Å². The summed E-state index contributed by atoms with van der Waals surface area (Å²) < 4.78 is 19.0. The number of aromatic amines is 1. The van der Waals surface area contributed by atoms with Crippen LogP contribution in [0.5, 0.6) is 0 Å². The molecule has 4 atom stereocenters. The van der Waals surface area contributed by atoms with Gasteiger partial charge in [0.25, 0.3) is 0 Å². The summed E-state index contributed by atoms with van der Waals surface area (Å²) in [5.74, 6) is -0.302. The lowest BCUT2D eigenvalue weighted by molar-refractivity contribution is 0.0197.